The van der Waals surface area contributed by atoms with Gasteiger partial charge in [0.1, 0.15) is 6.54 Å². The van der Waals surface area contributed by atoms with E-state index in [4.69, 9.17) is 0 Å². The second-order valence-electron chi connectivity index (χ2n) is 10.6. The van der Waals surface area contributed by atoms with E-state index in [1.54, 1.807) is 4.90 Å². The van der Waals surface area contributed by atoms with Crippen LogP contribution in [0.4, 0.5) is 10.5 Å². The number of anilines is 1. The third kappa shape index (κ3) is 6.18. The lowest BCUT2D eigenvalue weighted by atomic mass is 10.1. The number of hydrogen-bond donors (Lipinski definition) is 2. The van der Waals surface area contributed by atoms with Crippen molar-refractivity contribution >= 4 is 39.3 Å². The van der Waals surface area contributed by atoms with Crippen LogP contribution in [0.2, 0.25) is 0 Å². The molecule has 0 spiro atoms. The van der Waals surface area contributed by atoms with Gasteiger partial charge in [-0.25, -0.2) is 4.79 Å². The number of aryl methyl sites for hydroxylation is 1. The third-order valence-electron chi connectivity index (χ3n) is 7.39. The van der Waals surface area contributed by atoms with Crippen molar-refractivity contribution in [3.63, 3.8) is 0 Å². The van der Waals surface area contributed by atoms with Crippen molar-refractivity contribution in [1.29, 1.82) is 0 Å². The highest BCUT2D eigenvalue weighted by Gasteiger charge is 2.24. The zero-order chi connectivity index (χ0) is 28.1. The molecule has 0 atom stereocenters. The number of aromatic amines is 1. The first-order chi connectivity index (χ1) is 19.4. The number of hydrogen-bond acceptors (Lipinski definition) is 2. The number of urea groups is 1. The van der Waals surface area contributed by atoms with E-state index in [-0.39, 0.29) is 24.5 Å². The van der Waals surface area contributed by atoms with Crippen molar-refractivity contribution < 1.29 is 9.59 Å². The van der Waals surface area contributed by atoms with Crippen LogP contribution in [0.5, 0.6) is 0 Å². The lowest BCUT2D eigenvalue weighted by molar-refractivity contribution is -0.132. The van der Waals surface area contributed by atoms with Gasteiger partial charge in [-0.05, 0) is 55.8 Å². The lowest BCUT2D eigenvalue weighted by Crippen LogP contribution is -2.47. The summed E-state index contributed by atoms with van der Waals surface area (Å²) >= 11 is 0. The summed E-state index contributed by atoms with van der Waals surface area (Å²) in [5.41, 5.74) is 5.24. The number of amides is 3. The van der Waals surface area contributed by atoms with Gasteiger partial charge in [0.05, 0.1) is 5.69 Å². The van der Waals surface area contributed by atoms with E-state index < -0.39 is 0 Å². The zero-order valence-electron chi connectivity index (χ0n) is 23.4. The van der Waals surface area contributed by atoms with Gasteiger partial charge in [-0.1, -0.05) is 84.4 Å². The fourth-order valence-electron chi connectivity index (χ4n) is 5.06. The molecule has 204 valence electrons. The molecule has 5 aromatic rings. The van der Waals surface area contributed by atoms with Crippen LogP contribution in [-0.2, 0) is 17.8 Å². The summed E-state index contributed by atoms with van der Waals surface area (Å²) in [5, 5.41) is 6.24. The summed E-state index contributed by atoms with van der Waals surface area (Å²) < 4.78 is 0. The standard InChI is InChI=1S/C34H36N4O2/c1-24(2)38(34(40)36-32-14-8-10-27-9-4-5-11-29(27)32)23-33(39)37(22-26-17-15-25(3)16-18-26)20-19-28-21-35-31-13-7-6-12-30(28)31/h4-18,21,24,35H,19-20,22-23H2,1-3H3,(H,36,40). The Balaban J connectivity index is 1.34. The molecule has 0 saturated carbocycles. The predicted molar refractivity (Wildman–Crippen MR) is 163 cm³/mol. The Morgan fingerprint density at radius 2 is 1.55 bits per heavy atom. The number of fused-ring (bicyclic) bond motifs is 2. The van der Waals surface area contributed by atoms with Crippen LogP contribution in [0.15, 0.2) is 97.2 Å². The molecule has 1 heterocycles. The Labute approximate surface area is 235 Å². The fraction of sp³-hybridized carbons (Fsp3) is 0.235. The highest BCUT2D eigenvalue weighted by molar-refractivity contribution is 6.02. The molecule has 4 aromatic carbocycles. The Bertz CT molecular complexity index is 1620. The lowest BCUT2D eigenvalue weighted by Gasteiger charge is -2.30. The Hall–Kier alpha value is -4.58. The first-order valence-corrected chi connectivity index (χ1v) is 13.8. The Morgan fingerprint density at radius 3 is 2.33 bits per heavy atom. The van der Waals surface area contributed by atoms with Crippen LogP contribution in [-0.4, -0.2) is 45.9 Å². The number of H-pyrrole nitrogens is 1. The minimum absolute atomic E-state index is 0.00594. The number of nitrogens with one attached hydrogen (secondary N) is 2. The topological polar surface area (TPSA) is 68.4 Å². The van der Waals surface area contributed by atoms with E-state index >= 15 is 0 Å². The maximum atomic E-state index is 13.8. The number of benzene rings is 4. The van der Waals surface area contributed by atoms with Gasteiger partial charge in [0.25, 0.3) is 0 Å². The SMILES string of the molecule is Cc1ccc(CN(CCc2c[nH]c3ccccc23)C(=O)CN(C(=O)Nc2cccc3ccccc23)C(C)C)cc1. The van der Waals surface area contributed by atoms with Crippen LogP contribution in [0, 0.1) is 6.92 Å². The molecule has 1 aromatic heterocycles. The van der Waals surface area contributed by atoms with E-state index in [1.807, 2.05) is 79.5 Å². The van der Waals surface area contributed by atoms with Gasteiger partial charge in [-0.3, -0.25) is 4.79 Å². The van der Waals surface area contributed by atoms with Gasteiger partial charge in [0, 0.05) is 41.6 Å². The molecule has 0 unspecified atom stereocenters. The van der Waals surface area contributed by atoms with E-state index in [0.29, 0.717) is 19.5 Å². The van der Waals surface area contributed by atoms with Crippen molar-refractivity contribution in [2.45, 2.75) is 39.8 Å². The molecule has 0 saturated heterocycles. The summed E-state index contributed by atoms with van der Waals surface area (Å²) in [6.07, 6.45) is 2.74. The van der Waals surface area contributed by atoms with Crippen molar-refractivity contribution in [2.24, 2.45) is 0 Å². The average molecular weight is 533 g/mol. The predicted octanol–water partition coefficient (Wildman–Crippen LogP) is 7.14. The number of carbonyl (C=O) groups excluding carboxylic acids is 2. The Kier molecular flexibility index (Phi) is 8.15. The van der Waals surface area contributed by atoms with E-state index in [0.717, 1.165) is 27.5 Å². The molecule has 0 radical (unpaired) electrons. The second-order valence-corrected chi connectivity index (χ2v) is 10.6. The largest absolute Gasteiger partial charge is 0.361 e. The summed E-state index contributed by atoms with van der Waals surface area (Å²) in [5.74, 6) is -0.0813. The average Bonchev–Trinajstić information content (AvgIpc) is 3.38. The first kappa shape index (κ1) is 27.0. The van der Waals surface area contributed by atoms with Crippen molar-refractivity contribution in [2.75, 3.05) is 18.4 Å². The van der Waals surface area contributed by atoms with Gasteiger partial charge in [0.2, 0.25) is 5.91 Å². The van der Waals surface area contributed by atoms with Crippen molar-refractivity contribution in [3.8, 4) is 0 Å². The first-order valence-electron chi connectivity index (χ1n) is 13.8. The molecule has 0 aliphatic heterocycles. The molecule has 2 N–H and O–H groups in total. The van der Waals surface area contributed by atoms with Crippen molar-refractivity contribution in [3.05, 3.63) is 114 Å². The highest BCUT2D eigenvalue weighted by Crippen LogP contribution is 2.24. The molecular formula is C34H36N4O2. The molecular weight excluding hydrogens is 496 g/mol. The van der Waals surface area contributed by atoms with E-state index in [2.05, 4.69) is 53.6 Å². The van der Waals surface area contributed by atoms with Crippen LogP contribution < -0.4 is 5.32 Å². The smallest absolute Gasteiger partial charge is 0.322 e. The summed E-state index contributed by atoms with van der Waals surface area (Å²) in [6.45, 7) is 6.95. The highest BCUT2D eigenvalue weighted by atomic mass is 16.2. The van der Waals surface area contributed by atoms with Gasteiger partial charge in [-0.2, -0.15) is 0 Å². The van der Waals surface area contributed by atoms with Crippen molar-refractivity contribution in [1.82, 2.24) is 14.8 Å². The second kappa shape index (κ2) is 12.1. The minimum atomic E-state index is -0.286. The number of para-hydroxylation sites is 1. The van der Waals surface area contributed by atoms with E-state index in [1.165, 1.54) is 16.5 Å². The summed E-state index contributed by atoms with van der Waals surface area (Å²) in [6, 6.07) is 29.8. The molecule has 0 aliphatic rings. The van der Waals surface area contributed by atoms with E-state index in [9.17, 15) is 9.59 Å². The quantitative estimate of drug-likeness (QED) is 0.212. The molecule has 6 heteroatoms. The monoisotopic (exact) mass is 532 g/mol. The van der Waals surface area contributed by atoms with Crippen LogP contribution in [0.25, 0.3) is 21.7 Å². The minimum Gasteiger partial charge on any atom is -0.361 e. The normalized spacial score (nSPS) is 11.2. The Morgan fingerprint density at radius 1 is 0.850 bits per heavy atom. The fourth-order valence-corrected chi connectivity index (χ4v) is 5.06. The van der Waals surface area contributed by atoms with Gasteiger partial charge >= 0.3 is 6.03 Å². The maximum absolute atomic E-state index is 13.8. The third-order valence-corrected chi connectivity index (χ3v) is 7.39. The molecule has 0 aliphatic carbocycles. The molecule has 0 fully saturated rings. The number of carbonyl (C=O) groups is 2. The summed E-state index contributed by atoms with van der Waals surface area (Å²) in [4.78, 5) is 34.1. The zero-order valence-corrected chi connectivity index (χ0v) is 23.4. The number of nitrogens with zero attached hydrogens (tertiary/aromatic N) is 2. The number of rotatable bonds is 9. The maximum Gasteiger partial charge on any atom is 0.322 e. The van der Waals surface area contributed by atoms with Crippen LogP contribution in [0.1, 0.15) is 30.5 Å². The molecule has 3 amide bonds. The van der Waals surface area contributed by atoms with Crippen LogP contribution in [0.3, 0.4) is 0 Å². The molecule has 5 rings (SSSR count). The van der Waals surface area contributed by atoms with Gasteiger partial charge in [0.15, 0.2) is 0 Å². The van der Waals surface area contributed by atoms with Gasteiger partial charge in [-0.15, -0.1) is 0 Å². The van der Waals surface area contributed by atoms with Crippen LogP contribution >= 0.6 is 0 Å². The summed E-state index contributed by atoms with van der Waals surface area (Å²) in [7, 11) is 0. The molecule has 40 heavy (non-hydrogen) atoms. The molecule has 6 nitrogen and oxygen atoms in total. The van der Waals surface area contributed by atoms with Gasteiger partial charge < -0.3 is 20.1 Å². The number of aromatic nitrogens is 1. The molecule has 0 bridgehead atoms.